The van der Waals surface area contributed by atoms with Crippen LogP contribution in [0.3, 0.4) is 0 Å². The molecular weight excluding hydrogens is 1140 g/mol. The van der Waals surface area contributed by atoms with Gasteiger partial charge in [-0.2, -0.15) is 0 Å². The van der Waals surface area contributed by atoms with E-state index in [2.05, 4.69) is 236 Å². The number of nitrogens with zero attached hydrogens (tertiary/aromatic N) is 6. The lowest BCUT2D eigenvalue weighted by Gasteiger charge is -2.04. The van der Waals surface area contributed by atoms with Crippen LogP contribution in [0, 0.1) is 27.7 Å². The summed E-state index contributed by atoms with van der Waals surface area (Å²) in [6.45, 7) is 40.5. The van der Waals surface area contributed by atoms with Gasteiger partial charge in [-0.3, -0.25) is 4.98 Å². The molecule has 0 saturated carbocycles. The van der Waals surface area contributed by atoms with Gasteiger partial charge in [-0.05, 0) is 105 Å². The maximum absolute atomic E-state index is 6.16. The molecule has 488 valence electrons. The van der Waals surface area contributed by atoms with E-state index >= 15 is 0 Å². The van der Waals surface area contributed by atoms with Crippen LogP contribution >= 0.6 is 0 Å². The van der Waals surface area contributed by atoms with E-state index in [1.807, 2.05) is 159 Å². The van der Waals surface area contributed by atoms with Crippen molar-refractivity contribution >= 4 is 65.9 Å². The summed E-state index contributed by atoms with van der Waals surface area (Å²) in [7, 11) is 8.24. The lowest BCUT2D eigenvalue weighted by molar-refractivity contribution is -0.660. The number of benzene rings is 5. The molecule has 9 heteroatoms. The van der Waals surface area contributed by atoms with E-state index < -0.39 is 0 Å². The average molecular weight is 1250 g/mol. The molecule has 0 amide bonds. The molecule has 0 aliphatic carbocycles. The Bertz CT molecular complexity index is 4050. The molecule has 14 aromatic rings. The Hall–Kier alpha value is -9.60. The van der Waals surface area contributed by atoms with E-state index in [0.717, 1.165) is 72.0 Å². The number of hydrogen-bond donors (Lipinski definition) is 0. The second kappa shape index (κ2) is 41.0. The molecule has 0 atom stereocenters. The maximum Gasteiger partial charge on any atom is 0.227 e. The number of furan rings is 3. The number of para-hydroxylation sites is 1. The molecule has 9 heterocycles. The van der Waals surface area contributed by atoms with Crippen LogP contribution in [-0.4, -0.2) is 9.97 Å². The molecule has 0 radical (unpaired) electrons. The SMILES string of the molecule is CC.CC.CC.CC.CC.CC.CC.CC.Cc1ccc2c(oc3ccccc32)c1-c1cccc[n+]1C.Cc1ccc2c(oc3cnccc32)c1-c1cccc[n+]1C.Cc1ccc2c(oc3ncccc32)c1-c1cccc[n+]1C.Cc1ccccc1-c1cccc[n+]1C. The van der Waals surface area contributed by atoms with E-state index in [0.29, 0.717) is 5.71 Å². The fourth-order valence-electron chi connectivity index (χ4n) is 10.4. The van der Waals surface area contributed by atoms with Crippen molar-refractivity contribution in [1.82, 2.24) is 9.97 Å². The zero-order valence-corrected chi connectivity index (χ0v) is 60.7. The Morgan fingerprint density at radius 1 is 0.280 bits per heavy atom. The predicted molar refractivity (Wildman–Crippen MR) is 399 cm³/mol. The maximum atomic E-state index is 6.16. The van der Waals surface area contributed by atoms with Gasteiger partial charge in [-0.15, -0.1) is 0 Å². The molecule has 9 nitrogen and oxygen atoms in total. The number of aryl methyl sites for hydroxylation is 8. The first-order valence-corrected chi connectivity index (χ1v) is 33.8. The zero-order valence-electron chi connectivity index (χ0n) is 60.7. The summed E-state index contributed by atoms with van der Waals surface area (Å²) >= 11 is 0. The number of rotatable bonds is 4. The van der Waals surface area contributed by atoms with Gasteiger partial charge in [0, 0.05) is 98.8 Å². The molecule has 0 aliphatic rings. The minimum Gasteiger partial charge on any atom is -0.455 e. The lowest BCUT2D eigenvalue weighted by Crippen LogP contribution is -2.30. The van der Waals surface area contributed by atoms with Crippen molar-refractivity contribution in [1.29, 1.82) is 0 Å². The predicted octanol–water partition coefficient (Wildman–Crippen LogP) is 22.6. The van der Waals surface area contributed by atoms with E-state index in [4.69, 9.17) is 13.3 Å². The van der Waals surface area contributed by atoms with Gasteiger partial charge in [-0.25, -0.2) is 23.3 Å². The van der Waals surface area contributed by atoms with Crippen LogP contribution in [0.25, 0.3) is 111 Å². The van der Waals surface area contributed by atoms with Crippen molar-refractivity contribution in [2.75, 3.05) is 0 Å². The molecule has 0 fully saturated rings. The minimum absolute atomic E-state index is 0.693. The standard InChI is InChI=1S/C19H16NO.2C18H15N2O.C13H14N.8C2H6/c1-13-10-11-15-14-7-3-4-9-17(14)21-19(15)18(13)16-8-5-6-12-20(16)2;1-12-8-9-13-14-6-5-10-19-18(14)21-17(13)16(12)15-7-3-4-11-20(15)2;1-12-6-7-14-13-8-9-19-11-16(13)21-18(14)17(12)15-5-3-4-10-20(15)2;1-11-7-3-4-8-12(11)13-9-5-6-10-14(13)2;8*1-2/h3-12H,1-2H3;2*3-11H,1-2H3;3-10H,1-2H3;8*1-2H3/q4*+1;;;;;;;;. The van der Waals surface area contributed by atoms with E-state index in [1.54, 1.807) is 18.6 Å². The van der Waals surface area contributed by atoms with Crippen molar-refractivity contribution in [2.24, 2.45) is 28.2 Å². The summed E-state index contributed by atoms with van der Waals surface area (Å²) in [5.41, 5.74) is 19.7. The van der Waals surface area contributed by atoms with Crippen LogP contribution < -0.4 is 18.3 Å². The quantitative estimate of drug-likeness (QED) is 0.164. The molecule has 0 saturated heterocycles. The third-order valence-corrected chi connectivity index (χ3v) is 14.4. The Morgan fingerprint density at radius 3 is 1.08 bits per heavy atom. The molecular formula is C84H108N6O3+4. The Balaban J connectivity index is 0.000000303. The third-order valence-electron chi connectivity index (χ3n) is 14.4. The summed E-state index contributed by atoms with van der Waals surface area (Å²) in [5.74, 6) is 0. The molecule has 9 aromatic heterocycles. The second-order valence-electron chi connectivity index (χ2n) is 19.5. The molecule has 0 spiro atoms. The second-order valence-corrected chi connectivity index (χ2v) is 19.5. The van der Waals surface area contributed by atoms with E-state index in [1.165, 1.54) is 55.5 Å². The van der Waals surface area contributed by atoms with Gasteiger partial charge in [0.05, 0.1) is 22.9 Å². The fraction of sp³-hybridized carbons (Fsp3) is 0.286. The van der Waals surface area contributed by atoms with Gasteiger partial charge >= 0.3 is 0 Å². The highest BCUT2D eigenvalue weighted by molar-refractivity contribution is 6.11. The topological polar surface area (TPSA) is 80.7 Å². The highest BCUT2D eigenvalue weighted by Gasteiger charge is 2.23. The molecule has 0 unspecified atom stereocenters. The van der Waals surface area contributed by atoms with Crippen molar-refractivity contribution in [3.8, 4) is 45.0 Å². The molecule has 14 rings (SSSR count). The average Bonchev–Trinajstić information content (AvgIpc) is 1.65. The van der Waals surface area contributed by atoms with Crippen LogP contribution in [0.5, 0.6) is 0 Å². The molecule has 0 aliphatic heterocycles. The normalized spacial score (nSPS) is 9.72. The number of fused-ring (bicyclic) bond motifs is 9. The first-order valence-electron chi connectivity index (χ1n) is 33.8. The van der Waals surface area contributed by atoms with E-state index in [9.17, 15) is 0 Å². The van der Waals surface area contributed by atoms with Gasteiger partial charge in [-0.1, -0.05) is 184 Å². The lowest BCUT2D eigenvalue weighted by atomic mass is 10.0. The van der Waals surface area contributed by atoms with Gasteiger partial charge < -0.3 is 13.3 Å². The Morgan fingerprint density at radius 2 is 0.634 bits per heavy atom. The zero-order chi connectivity index (χ0) is 69.2. The summed E-state index contributed by atoms with van der Waals surface area (Å²) in [5, 5.41) is 6.77. The van der Waals surface area contributed by atoms with Gasteiger partial charge in [0.2, 0.25) is 28.5 Å². The largest absolute Gasteiger partial charge is 0.455 e. The summed E-state index contributed by atoms with van der Waals surface area (Å²) in [4.78, 5) is 8.48. The van der Waals surface area contributed by atoms with Gasteiger partial charge in [0.1, 0.15) is 44.9 Å². The van der Waals surface area contributed by atoms with Crippen LogP contribution in [0.2, 0.25) is 0 Å². The van der Waals surface area contributed by atoms with Crippen molar-refractivity contribution in [3.63, 3.8) is 0 Å². The van der Waals surface area contributed by atoms with Crippen molar-refractivity contribution in [2.45, 2.75) is 138 Å². The summed E-state index contributed by atoms with van der Waals surface area (Å²) in [6, 6.07) is 60.4. The van der Waals surface area contributed by atoms with E-state index in [-0.39, 0.29) is 0 Å². The Kier molecular flexibility index (Phi) is 34.2. The number of hydrogen-bond acceptors (Lipinski definition) is 5. The van der Waals surface area contributed by atoms with Crippen LogP contribution in [0.1, 0.15) is 133 Å². The van der Waals surface area contributed by atoms with Crippen molar-refractivity contribution in [3.05, 3.63) is 242 Å². The minimum atomic E-state index is 0.693. The highest BCUT2D eigenvalue weighted by atomic mass is 16.3. The third kappa shape index (κ3) is 18.6. The summed E-state index contributed by atoms with van der Waals surface area (Å²) < 4.78 is 26.8. The smallest absolute Gasteiger partial charge is 0.227 e. The first-order chi connectivity index (χ1) is 45.5. The number of pyridine rings is 6. The van der Waals surface area contributed by atoms with Crippen molar-refractivity contribution < 1.29 is 31.5 Å². The van der Waals surface area contributed by atoms with Gasteiger partial charge in [0.25, 0.3) is 0 Å². The molecule has 0 N–H and O–H groups in total. The molecule has 0 bridgehead atoms. The molecule has 5 aromatic carbocycles. The monoisotopic (exact) mass is 1250 g/mol. The van der Waals surface area contributed by atoms with Crippen LogP contribution in [-0.2, 0) is 28.2 Å². The first kappa shape index (κ1) is 77.6. The summed E-state index contributed by atoms with van der Waals surface area (Å²) in [6.07, 6.45) is 13.6. The highest BCUT2D eigenvalue weighted by Crippen LogP contribution is 2.39. The fourth-order valence-corrected chi connectivity index (χ4v) is 10.4. The van der Waals surface area contributed by atoms with Crippen LogP contribution in [0.4, 0.5) is 0 Å². The number of aromatic nitrogens is 6. The van der Waals surface area contributed by atoms with Crippen LogP contribution in [0.15, 0.2) is 233 Å². The Labute approximate surface area is 557 Å². The molecule has 93 heavy (non-hydrogen) atoms. The van der Waals surface area contributed by atoms with Gasteiger partial charge in [0.15, 0.2) is 36.0 Å².